The number of nitrogens with zero attached hydrogens (tertiary/aromatic N) is 2. The van der Waals surface area contributed by atoms with Crippen LogP contribution in [0.25, 0.3) is 0 Å². The topological polar surface area (TPSA) is 86.8 Å². The highest BCUT2D eigenvalue weighted by molar-refractivity contribution is 7.92. The first-order valence-electron chi connectivity index (χ1n) is 12.6. The van der Waals surface area contributed by atoms with Crippen LogP contribution in [-0.2, 0) is 26.2 Å². The van der Waals surface area contributed by atoms with Gasteiger partial charge in [0, 0.05) is 12.6 Å². The summed E-state index contributed by atoms with van der Waals surface area (Å²) in [5, 5.41) is 2.99. The molecule has 2 atom stereocenters. The van der Waals surface area contributed by atoms with E-state index in [-0.39, 0.29) is 31.0 Å². The standard InChI is InChI=1S/C28H41N3O4S/c1-8-22(6)29-28(33)25(9-2)30(18-23-14-12-13-21(5)17-23)27(32)19-31(36(7,34)35)26-16-11-10-15-24(26)20(3)4/h10-17,20,22,25H,8-9,18-19H2,1-7H3,(H,29,33)/t22-,25-/m1/s1. The fourth-order valence-corrected chi connectivity index (χ4v) is 5.03. The van der Waals surface area contributed by atoms with Crippen molar-refractivity contribution in [3.05, 3.63) is 65.2 Å². The third-order valence-electron chi connectivity index (χ3n) is 6.33. The lowest BCUT2D eigenvalue weighted by Gasteiger charge is -2.34. The van der Waals surface area contributed by atoms with Crippen molar-refractivity contribution in [1.29, 1.82) is 0 Å². The molecule has 2 aromatic carbocycles. The summed E-state index contributed by atoms with van der Waals surface area (Å²) in [4.78, 5) is 28.6. The molecular weight excluding hydrogens is 474 g/mol. The molecule has 2 aromatic rings. The van der Waals surface area contributed by atoms with Crippen molar-refractivity contribution < 1.29 is 18.0 Å². The minimum Gasteiger partial charge on any atom is -0.352 e. The van der Waals surface area contributed by atoms with Crippen LogP contribution in [0.4, 0.5) is 5.69 Å². The molecule has 198 valence electrons. The second-order valence-electron chi connectivity index (χ2n) is 9.74. The zero-order valence-electron chi connectivity index (χ0n) is 22.6. The minimum atomic E-state index is -3.77. The number of carbonyl (C=O) groups is 2. The van der Waals surface area contributed by atoms with Gasteiger partial charge in [-0.2, -0.15) is 0 Å². The number of hydrogen-bond acceptors (Lipinski definition) is 4. The van der Waals surface area contributed by atoms with Gasteiger partial charge >= 0.3 is 0 Å². The summed E-state index contributed by atoms with van der Waals surface area (Å²) in [5.41, 5.74) is 3.24. The zero-order valence-corrected chi connectivity index (χ0v) is 23.4. The molecular formula is C28H41N3O4S. The maximum Gasteiger partial charge on any atom is 0.244 e. The Hall–Kier alpha value is -2.87. The van der Waals surface area contributed by atoms with E-state index in [9.17, 15) is 18.0 Å². The molecule has 0 saturated heterocycles. The number of hydrogen-bond donors (Lipinski definition) is 1. The molecule has 2 rings (SSSR count). The summed E-state index contributed by atoms with van der Waals surface area (Å²) in [6.07, 6.45) is 2.28. The zero-order chi connectivity index (χ0) is 27.0. The third-order valence-corrected chi connectivity index (χ3v) is 7.46. The predicted octanol–water partition coefficient (Wildman–Crippen LogP) is 4.61. The molecule has 0 radical (unpaired) electrons. The minimum absolute atomic E-state index is 0.0343. The van der Waals surface area contributed by atoms with E-state index in [0.29, 0.717) is 12.1 Å². The fraction of sp³-hybridized carbons (Fsp3) is 0.500. The Bertz CT molecular complexity index is 1150. The third kappa shape index (κ3) is 7.82. The van der Waals surface area contributed by atoms with E-state index in [0.717, 1.165) is 33.7 Å². The summed E-state index contributed by atoms with van der Waals surface area (Å²) >= 11 is 0. The number of anilines is 1. The molecule has 0 aliphatic heterocycles. The molecule has 1 N–H and O–H groups in total. The number of amides is 2. The average Bonchev–Trinajstić information content (AvgIpc) is 2.81. The van der Waals surface area contributed by atoms with Crippen LogP contribution in [0.15, 0.2) is 48.5 Å². The Kier molecular flexibility index (Phi) is 10.5. The Morgan fingerprint density at radius 2 is 1.64 bits per heavy atom. The van der Waals surface area contributed by atoms with Gasteiger partial charge in [-0.05, 0) is 49.8 Å². The molecule has 0 heterocycles. The summed E-state index contributed by atoms with van der Waals surface area (Å²) < 4.78 is 27.0. The second kappa shape index (κ2) is 12.9. The van der Waals surface area contributed by atoms with Crippen molar-refractivity contribution in [3.8, 4) is 0 Å². The van der Waals surface area contributed by atoms with Gasteiger partial charge in [-0.25, -0.2) is 8.42 Å². The van der Waals surface area contributed by atoms with E-state index in [2.05, 4.69) is 5.32 Å². The molecule has 0 spiro atoms. The molecule has 0 aliphatic rings. The lowest BCUT2D eigenvalue weighted by Crippen LogP contribution is -2.53. The van der Waals surface area contributed by atoms with E-state index in [1.165, 1.54) is 4.90 Å². The van der Waals surface area contributed by atoms with Gasteiger partial charge < -0.3 is 10.2 Å². The van der Waals surface area contributed by atoms with Gasteiger partial charge in [-0.15, -0.1) is 0 Å². The number of rotatable bonds is 12. The number of nitrogens with one attached hydrogen (secondary N) is 1. The summed E-state index contributed by atoms with van der Waals surface area (Å²) in [7, 11) is -3.77. The van der Waals surface area contributed by atoms with Crippen LogP contribution in [0.1, 0.15) is 70.1 Å². The summed E-state index contributed by atoms with van der Waals surface area (Å²) in [6, 6.07) is 14.2. The van der Waals surface area contributed by atoms with Crippen molar-refractivity contribution in [3.63, 3.8) is 0 Å². The first-order valence-corrected chi connectivity index (χ1v) is 14.5. The Balaban J connectivity index is 2.51. The van der Waals surface area contributed by atoms with Crippen LogP contribution in [0.5, 0.6) is 0 Å². The average molecular weight is 516 g/mol. The van der Waals surface area contributed by atoms with Crippen LogP contribution in [-0.4, -0.2) is 50.0 Å². The van der Waals surface area contributed by atoms with Crippen LogP contribution in [0.3, 0.4) is 0 Å². The normalized spacial score (nSPS) is 13.2. The predicted molar refractivity (Wildman–Crippen MR) is 146 cm³/mol. The number of benzene rings is 2. The van der Waals surface area contributed by atoms with Crippen molar-refractivity contribution in [2.24, 2.45) is 0 Å². The molecule has 0 fully saturated rings. The highest BCUT2D eigenvalue weighted by atomic mass is 32.2. The van der Waals surface area contributed by atoms with Crippen molar-refractivity contribution in [2.75, 3.05) is 17.1 Å². The Morgan fingerprint density at radius 1 is 0.972 bits per heavy atom. The lowest BCUT2D eigenvalue weighted by molar-refractivity contribution is -0.140. The van der Waals surface area contributed by atoms with E-state index in [1.807, 2.05) is 77.9 Å². The van der Waals surface area contributed by atoms with Crippen LogP contribution in [0.2, 0.25) is 0 Å². The first kappa shape index (κ1) is 29.4. The molecule has 7 nitrogen and oxygen atoms in total. The van der Waals surface area contributed by atoms with Crippen LogP contribution < -0.4 is 9.62 Å². The smallest absolute Gasteiger partial charge is 0.244 e. The lowest BCUT2D eigenvalue weighted by atomic mass is 10.0. The molecule has 0 bridgehead atoms. The van der Waals surface area contributed by atoms with Gasteiger partial charge in [0.2, 0.25) is 21.8 Å². The number of carbonyl (C=O) groups excluding carboxylic acids is 2. The molecule has 8 heteroatoms. The monoisotopic (exact) mass is 515 g/mol. The van der Waals surface area contributed by atoms with Gasteiger partial charge in [-0.1, -0.05) is 75.7 Å². The number of sulfonamides is 1. The van der Waals surface area contributed by atoms with Crippen LogP contribution >= 0.6 is 0 Å². The fourth-order valence-electron chi connectivity index (χ4n) is 4.17. The van der Waals surface area contributed by atoms with E-state index >= 15 is 0 Å². The Labute approximate surface area is 216 Å². The number of para-hydroxylation sites is 1. The van der Waals surface area contributed by atoms with Crippen molar-refractivity contribution >= 4 is 27.5 Å². The highest BCUT2D eigenvalue weighted by Crippen LogP contribution is 2.29. The van der Waals surface area contributed by atoms with Gasteiger partial charge in [-0.3, -0.25) is 13.9 Å². The molecule has 0 unspecified atom stereocenters. The highest BCUT2D eigenvalue weighted by Gasteiger charge is 2.32. The van der Waals surface area contributed by atoms with Gasteiger partial charge in [0.25, 0.3) is 0 Å². The molecule has 0 aromatic heterocycles. The van der Waals surface area contributed by atoms with Crippen molar-refractivity contribution in [1.82, 2.24) is 10.2 Å². The molecule has 0 saturated carbocycles. The van der Waals surface area contributed by atoms with E-state index in [1.54, 1.807) is 12.1 Å². The number of aryl methyl sites for hydroxylation is 1. The van der Waals surface area contributed by atoms with E-state index in [4.69, 9.17) is 0 Å². The molecule has 36 heavy (non-hydrogen) atoms. The largest absolute Gasteiger partial charge is 0.352 e. The Morgan fingerprint density at radius 3 is 2.19 bits per heavy atom. The molecule has 0 aliphatic carbocycles. The maximum atomic E-state index is 13.8. The quantitative estimate of drug-likeness (QED) is 0.447. The molecule has 2 amide bonds. The maximum absolute atomic E-state index is 13.8. The summed E-state index contributed by atoms with van der Waals surface area (Å²) in [6.45, 7) is 11.5. The summed E-state index contributed by atoms with van der Waals surface area (Å²) in [5.74, 6) is -0.596. The van der Waals surface area contributed by atoms with Gasteiger partial charge in [0.1, 0.15) is 12.6 Å². The van der Waals surface area contributed by atoms with Crippen molar-refractivity contribution in [2.45, 2.75) is 78.9 Å². The first-order chi connectivity index (χ1) is 16.9. The van der Waals surface area contributed by atoms with Gasteiger partial charge in [0.15, 0.2) is 0 Å². The second-order valence-corrected chi connectivity index (χ2v) is 11.6. The van der Waals surface area contributed by atoms with Crippen LogP contribution in [0, 0.1) is 6.92 Å². The van der Waals surface area contributed by atoms with E-state index < -0.39 is 22.0 Å². The SMILES string of the molecule is CC[C@@H](C)NC(=O)[C@@H](CC)N(Cc1cccc(C)c1)C(=O)CN(c1ccccc1C(C)C)S(C)(=O)=O. The van der Waals surface area contributed by atoms with Gasteiger partial charge in [0.05, 0.1) is 11.9 Å².